The van der Waals surface area contributed by atoms with Crippen molar-refractivity contribution in [1.29, 1.82) is 0 Å². The topological polar surface area (TPSA) is 30.7 Å². The molecule has 0 amide bonds. The third kappa shape index (κ3) is 2.72. The zero-order valence-corrected chi connectivity index (χ0v) is 14.2. The maximum atomic E-state index is 5.98. The van der Waals surface area contributed by atoms with Crippen LogP contribution in [-0.2, 0) is 13.0 Å². The first-order chi connectivity index (χ1) is 9.69. The van der Waals surface area contributed by atoms with Crippen molar-refractivity contribution in [1.82, 2.24) is 14.5 Å². The Morgan fingerprint density at radius 2 is 2.25 bits per heavy atom. The summed E-state index contributed by atoms with van der Waals surface area (Å²) in [5.41, 5.74) is 1.65. The Kier molecular flexibility index (Phi) is 4.31. The molecule has 104 valence electrons. The van der Waals surface area contributed by atoms with Crippen molar-refractivity contribution in [2.45, 2.75) is 13.0 Å². The fraction of sp³-hybridized carbons (Fsp3) is 0.231. The molecule has 0 spiro atoms. The molecule has 0 saturated heterocycles. The van der Waals surface area contributed by atoms with Crippen molar-refractivity contribution in [3.05, 3.63) is 43.9 Å². The Morgan fingerprint density at radius 3 is 2.95 bits per heavy atom. The minimum absolute atomic E-state index is 0.530. The lowest BCUT2D eigenvalue weighted by atomic mass is 10.4. The molecule has 0 N–H and O–H groups in total. The molecule has 20 heavy (non-hydrogen) atoms. The molecule has 0 fully saturated rings. The molecule has 3 aromatic rings. The van der Waals surface area contributed by atoms with Gasteiger partial charge in [-0.3, -0.25) is 0 Å². The van der Waals surface area contributed by atoms with E-state index < -0.39 is 0 Å². The molecule has 3 heterocycles. The molecule has 0 unspecified atom stereocenters. The quantitative estimate of drug-likeness (QED) is 0.602. The number of alkyl halides is 1. The van der Waals surface area contributed by atoms with Crippen molar-refractivity contribution in [2.75, 3.05) is 5.88 Å². The summed E-state index contributed by atoms with van der Waals surface area (Å²) in [5.74, 6) is 1.47. The summed E-state index contributed by atoms with van der Waals surface area (Å²) < 4.78 is 3.21. The molecule has 7 heteroatoms. The molecule has 0 saturated carbocycles. The Hall–Kier alpha value is -0.620. The van der Waals surface area contributed by atoms with Gasteiger partial charge in [0.2, 0.25) is 0 Å². The van der Waals surface area contributed by atoms with Crippen molar-refractivity contribution in [2.24, 2.45) is 0 Å². The summed E-state index contributed by atoms with van der Waals surface area (Å²) >= 11 is 17.1. The van der Waals surface area contributed by atoms with Crippen LogP contribution < -0.4 is 0 Å². The van der Waals surface area contributed by atoms with Gasteiger partial charge in [-0.25, -0.2) is 9.97 Å². The van der Waals surface area contributed by atoms with Gasteiger partial charge in [0.1, 0.15) is 11.3 Å². The predicted molar refractivity (Wildman–Crippen MR) is 88.1 cm³/mol. The lowest BCUT2D eigenvalue weighted by molar-refractivity contribution is 0.754. The van der Waals surface area contributed by atoms with Crippen LogP contribution in [-0.4, -0.2) is 20.4 Å². The van der Waals surface area contributed by atoms with Crippen LogP contribution >= 0.6 is 50.5 Å². The van der Waals surface area contributed by atoms with Gasteiger partial charge in [0, 0.05) is 27.8 Å². The smallest absolute Gasteiger partial charge is 0.160 e. The molecule has 0 atom stereocenters. The summed E-state index contributed by atoms with van der Waals surface area (Å²) in [6, 6.07) is 3.88. The Balaban J connectivity index is 2.11. The molecule has 0 bridgehead atoms. The van der Waals surface area contributed by atoms with Crippen LogP contribution in [0.1, 0.15) is 10.7 Å². The monoisotopic (exact) mass is 389 g/mol. The minimum Gasteiger partial charge on any atom is -0.307 e. The van der Waals surface area contributed by atoms with E-state index in [9.17, 15) is 0 Å². The SMILES string of the molecule is ClCCc1nc2cc(Cl)cnc2n1Cc1sccc1Br. The van der Waals surface area contributed by atoms with Gasteiger partial charge < -0.3 is 4.57 Å². The van der Waals surface area contributed by atoms with Crippen LogP contribution in [0.25, 0.3) is 11.2 Å². The number of thiophene rings is 1. The van der Waals surface area contributed by atoms with E-state index in [0.717, 1.165) is 28.0 Å². The van der Waals surface area contributed by atoms with E-state index in [0.29, 0.717) is 17.3 Å². The standard InChI is InChI=1S/C13H10BrCl2N3S/c14-9-2-4-20-11(9)7-19-12(1-3-15)18-10-5-8(16)6-17-13(10)19/h2,4-6H,1,3,7H2. The molecule has 0 aliphatic rings. The van der Waals surface area contributed by atoms with Crippen molar-refractivity contribution in [3.63, 3.8) is 0 Å². The highest BCUT2D eigenvalue weighted by Crippen LogP contribution is 2.26. The first-order valence-corrected chi connectivity index (χ1v) is 8.56. The number of nitrogens with zero attached hydrogens (tertiary/aromatic N) is 3. The largest absolute Gasteiger partial charge is 0.307 e. The van der Waals surface area contributed by atoms with E-state index in [1.165, 1.54) is 4.88 Å². The summed E-state index contributed by atoms with van der Waals surface area (Å²) in [6.45, 7) is 0.732. The van der Waals surface area contributed by atoms with Crippen LogP contribution in [0, 0.1) is 0 Å². The Morgan fingerprint density at radius 1 is 1.40 bits per heavy atom. The summed E-state index contributed by atoms with van der Waals surface area (Å²) in [4.78, 5) is 10.2. The Bertz CT molecular complexity index is 753. The zero-order chi connectivity index (χ0) is 14.1. The highest BCUT2D eigenvalue weighted by molar-refractivity contribution is 9.10. The second-order valence-electron chi connectivity index (χ2n) is 4.24. The number of hydrogen-bond donors (Lipinski definition) is 0. The molecule has 0 radical (unpaired) electrons. The van der Waals surface area contributed by atoms with E-state index in [4.69, 9.17) is 23.2 Å². The molecule has 3 nitrogen and oxygen atoms in total. The number of pyridine rings is 1. The second kappa shape index (κ2) is 6.02. The maximum absolute atomic E-state index is 5.98. The first kappa shape index (κ1) is 14.3. The van der Waals surface area contributed by atoms with Gasteiger partial charge in [-0.2, -0.15) is 0 Å². The first-order valence-electron chi connectivity index (χ1n) is 5.97. The van der Waals surface area contributed by atoms with Gasteiger partial charge in [0.25, 0.3) is 0 Å². The highest BCUT2D eigenvalue weighted by atomic mass is 79.9. The van der Waals surface area contributed by atoms with Crippen LogP contribution in [0.4, 0.5) is 0 Å². The third-order valence-electron chi connectivity index (χ3n) is 2.94. The number of aryl methyl sites for hydroxylation is 1. The van der Waals surface area contributed by atoms with Gasteiger partial charge in [-0.15, -0.1) is 22.9 Å². The predicted octanol–water partition coefficient (Wildman–Crippen LogP) is 4.74. The van der Waals surface area contributed by atoms with Gasteiger partial charge in [0.05, 0.1) is 11.6 Å². The molecule has 0 aliphatic heterocycles. The molecule has 0 aliphatic carbocycles. The highest BCUT2D eigenvalue weighted by Gasteiger charge is 2.14. The number of imidazole rings is 1. The normalized spacial score (nSPS) is 11.3. The number of fused-ring (bicyclic) bond motifs is 1. The number of rotatable bonds is 4. The van der Waals surface area contributed by atoms with Crippen LogP contribution in [0.5, 0.6) is 0 Å². The molecular weight excluding hydrogens is 381 g/mol. The third-order valence-corrected chi connectivity index (χ3v) is 5.25. The van der Waals surface area contributed by atoms with Crippen LogP contribution in [0.15, 0.2) is 28.2 Å². The lowest BCUT2D eigenvalue weighted by Crippen LogP contribution is -2.06. The lowest BCUT2D eigenvalue weighted by Gasteiger charge is -2.07. The zero-order valence-electron chi connectivity index (χ0n) is 10.3. The van der Waals surface area contributed by atoms with Crippen molar-refractivity contribution < 1.29 is 0 Å². The molecule has 3 rings (SSSR count). The fourth-order valence-corrected chi connectivity index (χ4v) is 3.84. The van der Waals surface area contributed by atoms with Gasteiger partial charge in [0.15, 0.2) is 5.65 Å². The summed E-state index contributed by atoms with van der Waals surface area (Å²) in [7, 11) is 0. The van der Waals surface area contributed by atoms with Crippen LogP contribution in [0.3, 0.4) is 0 Å². The van der Waals surface area contributed by atoms with E-state index in [1.54, 1.807) is 17.5 Å². The number of hydrogen-bond acceptors (Lipinski definition) is 3. The summed E-state index contributed by atoms with van der Waals surface area (Å²) in [5, 5.41) is 2.65. The van der Waals surface area contributed by atoms with Crippen LogP contribution in [0.2, 0.25) is 5.02 Å². The number of halogens is 3. The van der Waals surface area contributed by atoms with E-state index in [1.807, 2.05) is 12.1 Å². The van der Waals surface area contributed by atoms with Gasteiger partial charge in [-0.1, -0.05) is 11.6 Å². The molecule has 3 aromatic heterocycles. The Labute approximate surface area is 138 Å². The van der Waals surface area contributed by atoms with Crippen molar-refractivity contribution >= 4 is 61.6 Å². The van der Waals surface area contributed by atoms with Gasteiger partial charge in [-0.05, 0) is 33.4 Å². The summed E-state index contributed by atoms with van der Waals surface area (Å²) in [6.07, 6.45) is 2.36. The molecular formula is C13H10BrCl2N3S. The fourth-order valence-electron chi connectivity index (χ4n) is 2.06. The maximum Gasteiger partial charge on any atom is 0.160 e. The van der Waals surface area contributed by atoms with E-state index in [-0.39, 0.29) is 0 Å². The molecule has 0 aromatic carbocycles. The minimum atomic E-state index is 0.530. The number of aromatic nitrogens is 3. The average molecular weight is 391 g/mol. The van der Waals surface area contributed by atoms with Gasteiger partial charge >= 0.3 is 0 Å². The average Bonchev–Trinajstić information content (AvgIpc) is 2.96. The second-order valence-corrected chi connectivity index (χ2v) is 6.91. The van der Waals surface area contributed by atoms with E-state index >= 15 is 0 Å². The van der Waals surface area contributed by atoms with Crippen molar-refractivity contribution in [3.8, 4) is 0 Å². The van der Waals surface area contributed by atoms with E-state index in [2.05, 4.69) is 35.8 Å².